The maximum absolute atomic E-state index is 11.5. The molecule has 1 aliphatic rings. The van der Waals surface area contributed by atoms with Crippen LogP contribution < -0.4 is 14.4 Å². The first kappa shape index (κ1) is 22.7. The van der Waals surface area contributed by atoms with Crippen molar-refractivity contribution >= 4 is 11.7 Å². The number of carbonyl (C=O) groups excluding carboxylic acids is 1. The lowest BCUT2D eigenvalue weighted by atomic mass is 9.73. The zero-order valence-electron chi connectivity index (χ0n) is 19.3. The topological polar surface area (TPSA) is 48.0 Å². The minimum Gasteiger partial charge on any atom is -0.486 e. The van der Waals surface area contributed by atoms with Gasteiger partial charge in [-0.1, -0.05) is 73.7 Å². The minimum atomic E-state index is -0.415. The molecule has 0 atom stereocenters. The fourth-order valence-corrected chi connectivity index (χ4v) is 4.51. The number of para-hydroxylation sites is 1. The van der Waals surface area contributed by atoms with Crippen molar-refractivity contribution in [1.29, 1.82) is 0 Å². The quantitative estimate of drug-likeness (QED) is 0.423. The molecule has 0 amide bonds. The lowest BCUT2D eigenvalue weighted by Gasteiger charge is -2.35. The molecular formula is C28H31NO4. The highest BCUT2D eigenvalue weighted by molar-refractivity contribution is 5.72. The number of carbonyl (C=O) groups is 1. The molecule has 0 spiro atoms. The van der Waals surface area contributed by atoms with E-state index in [4.69, 9.17) is 9.47 Å². The Hall–Kier alpha value is -3.47. The van der Waals surface area contributed by atoms with Crippen molar-refractivity contribution in [1.82, 2.24) is 0 Å². The summed E-state index contributed by atoms with van der Waals surface area (Å²) >= 11 is 0. The smallest absolute Gasteiger partial charge is 0.343 e. The van der Waals surface area contributed by atoms with Crippen LogP contribution in [-0.4, -0.2) is 39.4 Å². The van der Waals surface area contributed by atoms with Crippen molar-refractivity contribution in [2.75, 3.05) is 38.3 Å². The zero-order chi connectivity index (χ0) is 23.1. The molecular weight excluding hydrogens is 414 g/mol. The van der Waals surface area contributed by atoms with E-state index in [1.165, 1.54) is 18.2 Å². The Balaban J connectivity index is 1.49. The number of fused-ring (bicyclic) bond motifs is 1. The minimum absolute atomic E-state index is 0.0664. The molecule has 3 aromatic carbocycles. The van der Waals surface area contributed by atoms with Crippen LogP contribution in [0.4, 0.5) is 5.69 Å². The lowest BCUT2D eigenvalue weighted by Crippen LogP contribution is -2.35. The molecule has 0 bridgehead atoms. The number of rotatable bonds is 9. The van der Waals surface area contributed by atoms with Crippen LogP contribution in [0.3, 0.4) is 0 Å². The third kappa shape index (κ3) is 5.14. The van der Waals surface area contributed by atoms with E-state index in [1.807, 2.05) is 18.2 Å². The summed E-state index contributed by atoms with van der Waals surface area (Å²) in [4.78, 5) is 13.8. The molecule has 0 aliphatic carbocycles. The summed E-state index contributed by atoms with van der Waals surface area (Å²) in [6.45, 7) is 4.51. The van der Waals surface area contributed by atoms with Crippen molar-refractivity contribution in [2.45, 2.75) is 25.2 Å². The Morgan fingerprint density at radius 2 is 1.64 bits per heavy atom. The summed E-state index contributed by atoms with van der Waals surface area (Å²) < 4.78 is 16.3. The van der Waals surface area contributed by atoms with Crippen LogP contribution in [0.2, 0.25) is 0 Å². The Bertz CT molecular complexity index is 1010. The maximum atomic E-state index is 11.5. The van der Waals surface area contributed by atoms with Gasteiger partial charge in [-0.3, -0.25) is 0 Å². The molecule has 172 valence electrons. The molecule has 0 aromatic heterocycles. The number of hydrogen-bond acceptors (Lipinski definition) is 5. The van der Waals surface area contributed by atoms with Crippen molar-refractivity contribution in [3.63, 3.8) is 0 Å². The predicted octanol–water partition coefficient (Wildman–Crippen LogP) is 5.22. The second-order valence-corrected chi connectivity index (χ2v) is 8.47. The van der Waals surface area contributed by atoms with E-state index in [0.29, 0.717) is 18.1 Å². The largest absolute Gasteiger partial charge is 0.486 e. The predicted molar refractivity (Wildman–Crippen MR) is 130 cm³/mol. The summed E-state index contributed by atoms with van der Waals surface area (Å²) in [5, 5.41) is 0. The van der Waals surface area contributed by atoms with Gasteiger partial charge >= 0.3 is 5.97 Å². The van der Waals surface area contributed by atoms with E-state index in [1.54, 1.807) is 0 Å². The molecule has 3 aromatic rings. The first-order valence-corrected chi connectivity index (χ1v) is 11.4. The van der Waals surface area contributed by atoms with Crippen LogP contribution in [0.15, 0.2) is 78.9 Å². The van der Waals surface area contributed by atoms with E-state index in [2.05, 4.69) is 77.2 Å². The second kappa shape index (κ2) is 10.4. The second-order valence-electron chi connectivity index (χ2n) is 8.47. The van der Waals surface area contributed by atoms with Gasteiger partial charge in [0.25, 0.3) is 0 Å². The number of anilines is 1. The summed E-state index contributed by atoms with van der Waals surface area (Å²) in [5.74, 6) is 0.851. The highest BCUT2D eigenvalue weighted by Crippen LogP contribution is 2.41. The van der Waals surface area contributed by atoms with Gasteiger partial charge in [-0.15, -0.1) is 0 Å². The van der Waals surface area contributed by atoms with E-state index in [9.17, 15) is 4.79 Å². The fourth-order valence-electron chi connectivity index (χ4n) is 4.51. The van der Waals surface area contributed by atoms with Crippen LogP contribution in [0.1, 0.15) is 30.9 Å². The van der Waals surface area contributed by atoms with E-state index in [0.717, 1.165) is 31.6 Å². The van der Waals surface area contributed by atoms with Gasteiger partial charge in [-0.25, -0.2) is 4.79 Å². The number of nitrogens with zero attached hydrogens (tertiary/aromatic N) is 1. The van der Waals surface area contributed by atoms with Gasteiger partial charge in [-0.2, -0.15) is 0 Å². The van der Waals surface area contributed by atoms with Gasteiger partial charge in [0.2, 0.25) is 0 Å². The molecule has 1 heterocycles. The molecule has 4 rings (SSSR count). The lowest BCUT2D eigenvalue weighted by molar-refractivity contribution is -0.142. The average molecular weight is 446 g/mol. The molecule has 0 radical (unpaired) electrons. The van der Waals surface area contributed by atoms with E-state index >= 15 is 0 Å². The Kier molecular flexibility index (Phi) is 7.18. The monoisotopic (exact) mass is 445 g/mol. The van der Waals surface area contributed by atoms with Crippen LogP contribution >= 0.6 is 0 Å². The standard InChI is InChI=1S/C28H31NO4/c1-28(22-11-5-3-6-12-22,23-13-7-4-8-14-23)17-10-18-29-19-20-32-27-24(29)15-9-16-25(27)33-21-26(30)31-2/h3-9,11-16H,10,17-21H2,1-2H3. The summed E-state index contributed by atoms with van der Waals surface area (Å²) in [6, 6.07) is 27.3. The molecule has 5 heteroatoms. The van der Waals surface area contributed by atoms with Gasteiger partial charge in [0, 0.05) is 12.0 Å². The number of methoxy groups -OCH3 is 1. The van der Waals surface area contributed by atoms with Gasteiger partial charge in [0.15, 0.2) is 18.1 Å². The molecule has 0 saturated carbocycles. The number of hydrogen-bond donors (Lipinski definition) is 0. The first-order chi connectivity index (χ1) is 16.1. The maximum Gasteiger partial charge on any atom is 0.343 e. The third-order valence-corrected chi connectivity index (χ3v) is 6.41. The third-order valence-electron chi connectivity index (χ3n) is 6.41. The number of benzene rings is 3. The van der Waals surface area contributed by atoms with Gasteiger partial charge in [0.05, 0.1) is 19.3 Å². The van der Waals surface area contributed by atoms with E-state index < -0.39 is 5.97 Å². The molecule has 0 saturated heterocycles. The van der Waals surface area contributed by atoms with Crippen LogP contribution in [0.25, 0.3) is 0 Å². The molecule has 5 nitrogen and oxygen atoms in total. The van der Waals surface area contributed by atoms with Crippen molar-refractivity contribution in [3.8, 4) is 11.5 Å². The van der Waals surface area contributed by atoms with Gasteiger partial charge < -0.3 is 19.1 Å². The Morgan fingerprint density at radius 3 is 2.27 bits per heavy atom. The number of ether oxygens (including phenoxy) is 3. The SMILES string of the molecule is COC(=O)COc1cccc2c1OCCN2CCCC(C)(c1ccccc1)c1ccccc1. The normalized spacial score (nSPS) is 13.1. The van der Waals surface area contributed by atoms with Crippen LogP contribution in [0.5, 0.6) is 11.5 Å². The molecule has 0 fully saturated rings. The van der Waals surface area contributed by atoms with Crippen molar-refractivity contribution < 1.29 is 19.0 Å². The van der Waals surface area contributed by atoms with E-state index in [-0.39, 0.29) is 12.0 Å². The highest BCUT2D eigenvalue weighted by atomic mass is 16.6. The van der Waals surface area contributed by atoms with Crippen LogP contribution in [0, 0.1) is 0 Å². The molecule has 1 aliphatic heterocycles. The summed E-state index contributed by atoms with van der Waals surface area (Å²) in [5.41, 5.74) is 3.60. The Labute approximate surface area is 195 Å². The van der Waals surface area contributed by atoms with Gasteiger partial charge in [-0.05, 0) is 36.1 Å². The highest BCUT2D eigenvalue weighted by Gasteiger charge is 2.29. The Morgan fingerprint density at radius 1 is 0.970 bits per heavy atom. The summed E-state index contributed by atoms with van der Waals surface area (Å²) in [7, 11) is 1.35. The first-order valence-electron chi connectivity index (χ1n) is 11.4. The van der Waals surface area contributed by atoms with Crippen molar-refractivity contribution in [2.24, 2.45) is 0 Å². The zero-order valence-corrected chi connectivity index (χ0v) is 19.3. The van der Waals surface area contributed by atoms with Crippen molar-refractivity contribution in [3.05, 3.63) is 90.0 Å². The van der Waals surface area contributed by atoms with Gasteiger partial charge in [0.1, 0.15) is 6.61 Å². The molecule has 33 heavy (non-hydrogen) atoms. The van der Waals surface area contributed by atoms with Crippen LogP contribution in [-0.2, 0) is 14.9 Å². The number of esters is 1. The summed E-state index contributed by atoms with van der Waals surface area (Å²) in [6.07, 6.45) is 2.04. The molecule has 0 unspecified atom stereocenters. The fraction of sp³-hybridized carbons (Fsp3) is 0.321. The molecule has 0 N–H and O–H groups in total. The average Bonchev–Trinajstić information content (AvgIpc) is 2.88.